The Bertz CT molecular complexity index is 262. The second-order valence-corrected chi connectivity index (χ2v) is 4.31. The highest BCUT2D eigenvalue weighted by atomic mass is 32.1. The Morgan fingerprint density at radius 1 is 1.69 bits per heavy atom. The maximum Gasteiger partial charge on any atom is 0.0954 e. The highest BCUT2D eigenvalue weighted by Crippen LogP contribution is 2.43. The second kappa shape index (κ2) is 3.40. The molecule has 1 heterocycles. The van der Waals surface area contributed by atoms with Crippen LogP contribution in [0.15, 0.2) is 16.8 Å². The summed E-state index contributed by atoms with van der Waals surface area (Å²) in [6.07, 6.45) is 1.75. The summed E-state index contributed by atoms with van der Waals surface area (Å²) in [6, 6.07) is 1.99. The highest BCUT2D eigenvalue weighted by molar-refractivity contribution is 7.08. The van der Waals surface area contributed by atoms with Gasteiger partial charge in [-0.15, -0.1) is 0 Å². The van der Waals surface area contributed by atoms with Gasteiger partial charge in [0, 0.05) is 19.4 Å². The highest BCUT2D eigenvalue weighted by Gasteiger charge is 2.44. The van der Waals surface area contributed by atoms with Crippen LogP contribution < -0.4 is 0 Å². The molecule has 1 aromatic rings. The van der Waals surface area contributed by atoms with Gasteiger partial charge in [0.1, 0.15) is 0 Å². The molecular weight excluding hydrogens is 184 g/mol. The normalized spacial score (nSPS) is 32.9. The fourth-order valence-corrected chi connectivity index (χ4v) is 2.56. The quantitative estimate of drug-likeness (QED) is 0.806. The molecule has 1 aliphatic rings. The Balaban J connectivity index is 1.96. The largest absolute Gasteiger partial charge is 0.385 e. The maximum atomic E-state index is 10.1. The van der Waals surface area contributed by atoms with Crippen molar-refractivity contribution in [1.29, 1.82) is 0 Å². The van der Waals surface area contributed by atoms with E-state index in [2.05, 4.69) is 0 Å². The molecule has 0 amide bonds. The van der Waals surface area contributed by atoms with Crippen LogP contribution in [-0.2, 0) is 10.3 Å². The number of rotatable bonds is 3. The first-order valence-electron chi connectivity index (χ1n) is 4.61. The van der Waals surface area contributed by atoms with Crippen molar-refractivity contribution in [3.63, 3.8) is 0 Å². The number of ether oxygens (including phenoxy) is 1. The smallest absolute Gasteiger partial charge is 0.0954 e. The first-order valence-corrected chi connectivity index (χ1v) is 5.55. The summed E-state index contributed by atoms with van der Waals surface area (Å²) < 4.78 is 5.41. The molecule has 1 fully saturated rings. The van der Waals surface area contributed by atoms with Crippen molar-refractivity contribution in [1.82, 2.24) is 0 Å². The molecule has 3 heteroatoms. The Kier molecular flexibility index (Phi) is 2.41. The van der Waals surface area contributed by atoms with Crippen molar-refractivity contribution in [2.75, 3.05) is 6.61 Å². The molecule has 2 nitrogen and oxygen atoms in total. The van der Waals surface area contributed by atoms with Crippen molar-refractivity contribution in [3.8, 4) is 0 Å². The van der Waals surface area contributed by atoms with Crippen LogP contribution >= 0.6 is 11.3 Å². The van der Waals surface area contributed by atoms with E-state index in [1.54, 1.807) is 11.3 Å². The zero-order valence-corrected chi connectivity index (χ0v) is 8.51. The van der Waals surface area contributed by atoms with E-state index in [9.17, 15) is 5.11 Å². The average Bonchev–Trinajstić information content (AvgIpc) is 2.53. The minimum Gasteiger partial charge on any atom is -0.385 e. The molecule has 72 valence electrons. The van der Waals surface area contributed by atoms with Crippen molar-refractivity contribution in [3.05, 3.63) is 22.4 Å². The van der Waals surface area contributed by atoms with Gasteiger partial charge in [-0.05, 0) is 29.3 Å². The lowest BCUT2D eigenvalue weighted by Crippen LogP contribution is -2.45. The number of thiophene rings is 1. The summed E-state index contributed by atoms with van der Waals surface area (Å²) in [4.78, 5) is 0. The van der Waals surface area contributed by atoms with Gasteiger partial charge < -0.3 is 9.84 Å². The van der Waals surface area contributed by atoms with Crippen LogP contribution in [0.25, 0.3) is 0 Å². The molecule has 0 radical (unpaired) electrons. The zero-order chi connectivity index (χ0) is 9.31. The predicted octanol–water partition coefficient (Wildman–Crippen LogP) is 2.13. The molecule has 1 N–H and O–H groups in total. The van der Waals surface area contributed by atoms with Gasteiger partial charge in [0.25, 0.3) is 0 Å². The molecule has 13 heavy (non-hydrogen) atoms. The second-order valence-electron chi connectivity index (χ2n) is 3.53. The molecule has 2 rings (SSSR count). The molecule has 1 saturated carbocycles. The van der Waals surface area contributed by atoms with Crippen molar-refractivity contribution in [2.45, 2.75) is 31.5 Å². The summed E-state index contributed by atoms with van der Waals surface area (Å²) >= 11 is 1.63. The van der Waals surface area contributed by atoms with E-state index in [0.717, 1.165) is 25.0 Å². The molecule has 0 bridgehead atoms. The van der Waals surface area contributed by atoms with Crippen LogP contribution in [0.2, 0.25) is 0 Å². The van der Waals surface area contributed by atoms with Crippen molar-refractivity contribution < 1.29 is 9.84 Å². The van der Waals surface area contributed by atoms with Crippen LogP contribution in [-0.4, -0.2) is 17.8 Å². The third-order valence-corrected chi connectivity index (χ3v) is 3.27. The van der Waals surface area contributed by atoms with Crippen molar-refractivity contribution >= 4 is 11.3 Å². The summed E-state index contributed by atoms with van der Waals surface area (Å²) in [5.41, 5.74) is 0.452. The van der Waals surface area contributed by atoms with Gasteiger partial charge in [-0.3, -0.25) is 0 Å². The molecule has 0 atom stereocenters. The minimum absolute atomic E-state index is 0.259. The predicted molar refractivity (Wildman–Crippen MR) is 52.9 cm³/mol. The summed E-state index contributed by atoms with van der Waals surface area (Å²) in [5.74, 6) is 0. The number of aliphatic hydroxyl groups is 1. The molecule has 0 saturated heterocycles. The van der Waals surface area contributed by atoms with E-state index >= 15 is 0 Å². The van der Waals surface area contributed by atoms with Crippen LogP contribution in [0.1, 0.15) is 25.3 Å². The standard InChI is InChI=1S/C10H14O2S/c1-2-12-9-5-10(11,6-9)8-3-4-13-7-8/h3-4,7,9,11H,2,5-6H2,1H3. The third-order valence-electron chi connectivity index (χ3n) is 2.59. The van der Waals surface area contributed by atoms with E-state index in [1.807, 2.05) is 23.8 Å². The Morgan fingerprint density at radius 3 is 3.00 bits per heavy atom. The topological polar surface area (TPSA) is 29.5 Å². The molecule has 0 aliphatic heterocycles. The minimum atomic E-state index is -0.597. The molecule has 1 aromatic heterocycles. The number of hydrogen-bond acceptors (Lipinski definition) is 3. The Hall–Kier alpha value is -0.380. The third kappa shape index (κ3) is 1.64. The Morgan fingerprint density at radius 2 is 2.46 bits per heavy atom. The lowest BCUT2D eigenvalue weighted by Gasteiger charge is -2.42. The van der Waals surface area contributed by atoms with Gasteiger partial charge >= 0.3 is 0 Å². The summed E-state index contributed by atoms with van der Waals surface area (Å²) in [5, 5.41) is 14.1. The first kappa shape index (κ1) is 9.19. The van der Waals surface area contributed by atoms with Gasteiger partial charge in [0.05, 0.1) is 11.7 Å². The van der Waals surface area contributed by atoms with Gasteiger partial charge in [-0.2, -0.15) is 11.3 Å². The van der Waals surface area contributed by atoms with Gasteiger partial charge in [0.15, 0.2) is 0 Å². The average molecular weight is 198 g/mol. The van der Waals surface area contributed by atoms with Crippen LogP contribution in [0.3, 0.4) is 0 Å². The monoisotopic (exact) mass is 198 g/mol. The fraction of sp³-hybridized carbons (Fsp3) is 0.600. The lowest BCUT2D eigenvalue weighted by molar-refractivity contribution is -0.142. The van der Waals surface area contributed by atoms with E-state index in [0.29, 0.717) is 0 Å². The molecule has 0 aromatic carbocycles. The zero-order valence-electron chi connectivity index (χ0n) is 7.69. The first-order chi connectivity index (χ1) is 6.24. The van der Waals surface area contributed by atoms with Crippen LogP contribution in [0.4, 0.5) is 0 Å². The van der Waals surface area contributed by atoms with Gasteiger partial charge in [0.2, 0.25) is 0 Å². The van der Waals surface area contributed by atoms with Gasteiger partial charge in [-0.1, -0.05) is 0 Å². The van der Waals surface area contributed by atoms with Crippen LogP contribution in [0, 0.1) is 0 Å². The van der Waals surface area contributed by atoms with E-state index in [1.165, 1.54) is 0 Å². The van der Waals surface area contributed by atoms with E-state index in [4.69, 9.17) is 4.74 Å². The summed E-state index contributed by atoms with van der Waals surface area (Å²) in [7, 11) is 0. The maximum absolute atomic E-state index is 10.1. The fourth-order valence-electron chi connectivity index (χ4n) is 1.81. The lowest BCUT2D eigenvalue weighted by atomic mass is 9.74. The van der Waals surface area contributed by atoms with Crippen LogP contribution in [0.5, 0.6) is 0 Å². The molecular formula is C10H14O2S. The summed E-state index contributed by atoms with van der Waals surface area (Å²) in [6.45, 7) is 2.73. The Labute approximate surface area is 82.2 Å². The molecule has 0 unspecified atom stereocenters. The van der Waals surface area contributed by atoms with E-state index in [-0.39, 0.29) is 6.10 Å². The van der Waals surface area contributed by atoms with Crippen molar-refractivity contribution in [2.24, 2.45) is 0 Å². The van der Waals surface area contributed by atoms with Gasteiger partial charge in [-0.25, -0.2) is 0 Å². The number of hydrogen-bond donors (Lipinski definition) is 1. The molecule has 1 aliphatic carbocycles. The van der Waals surface area contributed by atoms with E-state index < -0.39 is 5.60 Å². The molecule has 0 spiro atoms. The SMILES string of the molecule is CCOC1CC(O)(c2ccsc2)C1.